The molecule has 1 heterocycles. The highest BCUT2D eigenvalue weighted by molar-refractivity contribution is 9.11. The summed E-state index contributed by atoms with van der Waals surface area (Å²) >= 11 is 4.59. The molecule has 2 rings (SSSR count). The van der Waals surface area contributed by atoms with E-state index in [9.17, 15) is 8.42 Å². The molecule has 0 saturated heterocycles. The van der Waals surface area contributed by atoms with E-state index in [-0.39, 0.29) is 0 Å². The number of benzene rings is 1. The van der Waals surface area contributed by atoms with Crippen molar-refractivity contribution in [1.29, 1.82) is 0 Å². The predicted molar refractivity (Wildman–Crippen MR) is 88.0 cm³/mol. The molecule has 0 bridgehead atoms. The minimum Gasteiger partial charge on any atom is -0.279 e. The maximum Gasteiger partial charge on any atom is 0.271 e. The minimum absolute atomic E-state index is 0.327. The van der Waals surface area contributed by atoms with Crippen molar-refractivity contribution in [2.75, 3.05) is 4.72 Å². The molecule has 0 spiro atoms. The van der Waals surface area contributed by atoms with Crippen LogP contribution in [0.3, 0.4) is 0 Å². The standard InChI is InChI=1S/C14H16BrNO2S2/c1-3-6-11-7-4-5-8-12(11)16-20(17,18)13-9-10(2)14(15)19-13/h4-5,7-9,16H,3,6H2,1-2H3. The van der Waals surface area contributed by atoms with Crippen molar-refractivity contribution in [2.45, 2.75) is 30.9 Å². The van der Waals surface area contributed by atoms with E-state index in [2.05, 4.69) is 27.6 Å². The van der Waals surface area contributed by atoms with Crippen LogP contribution in [-0.4, -0.2) is 8.42 Å². The van der Waals surface area contributed by atoms with Crippen LogP contribution in [0.5, 0.6) is 0 Å². The fraction of sp³-hybridized carbons (Fsp3) is 0.286. The van der Waals surface area contributed by atoms with Gasteiger partial charge in [-0.1, -0.05) is 31.5 Å². The second-order valence-corrected chi connectivity index (χ2v) is 8.81. The third-order valence-electron chi connectivity index (χ3n) is 2.88. The van der Waals surface area contributed by atoms with Crippen LogP contribution in [0.25, 0.3) is 0 Å². The molecule has 0 saturated carbocycles. The quantitative estimate of drug-likeness (QED) is 0.833. The highest BCUT2D eigenvalue weighted by Gasteiger charge is 2.19. The summed E-state index contributed by atoms with van der Waals surface area (Å²) in [5.74, 6) is 0. The smallest absolute Gasteiger partial charge is 0.271 e. The Morgan fingerprint density at radius 2 is 2.00 bits per heavy atom. The molecule has 2 aromatic rings. The summed E-state index contributed by atoms with van der Waals surface area (Å²) in [5.41, 5.74) is 2.61. The van der Waals surface area contributed by atoms with Gasteiger partial charge in [-0.15, -0.1) is 11.3 Å². The van der Waals surface area contributed by atoms with Gasteiger partial charge in [-0.3, -0.25) is 4.72 Å². The molecule has 6 heteroatoms. The lowest BCUT2D eigenvalue weighted by Gasteiger charge is -2.11. The molecular formula is C14H16BrNO2S2. The number of halogens is 1. The zero-order valence-corrected chi connectivity index (χ0v) is 14.5. The summed E-state index contributed by atoms with van der Waals surface area (Å²) in [4.78, 5) is 0. The van der Waals surface area contributed by atoms with Crippen LogP contribution < -0.4 is 4.72 Å². The van der Waals surface area contributed by atoms with Crippen LogP contribution in [0.2, 0.25) is 0 Å². The number of para-hydroxylation sites is 1. The Morgan fingerprint density at radius 3 is 2.60 bits per heavy atom. The van der Waals surface area contributed by atoms with Gasteiger partial charge in [-0.25, -0.2) is 8.42 Å². The number of sulfonamides is 1. The number of thiophene rings is 1. The molecule has 0 aliphatic carbocycles. The highest BCUT2D eigenvalue weighted by Crippen LogP contribution is 2.32. The summed E-state index contributed by atoms with van der Waals surface area (Å²) in [5, 5.41) is 0. The van der Waals surface area contributed by atoms with Crippen LogP contribution in [0.4, 0.5) is 5.69 Å². The Bertz CT molecular complexity index is 688. The average molecular weight is 374 g/mol. The van der Waals surface area contributed by atoms with Crippen molar-refractivity contribution in [3.63, 3.8) is 0 Å². The summed E-state index contributed by atoms with van der Waals surface area (Å²) in [6.07, 6.45) is 1.83. The van der Waals surface area contributed by atoms with Crippen molar-refractivity contribution >= 4 is 43.0 Å². The number of anilines is 1. The van der Waals surface area contributed by atoms with E-state index in [1.54, 1.807) is 12.1 Å². The zero-order valence-electron chi connectivity index (χ0n) is 11.3. The number of hydrogen-bond donors (Lipinski definition) is 1. The second-order valence-electron chi connectivity index (χ2n) is 4.53. The van der Waals surface area contributed by atoms with Crippen molar-refractivity contribution in [1.82, 2.24) is 0 Å². The monoisotopic (exact) mass is 373 g/mol. The van der Waals surface area contributed by atoms with Crippen LogP contribution >= 0.6 is 27.3 Å². The van der Waals surface area contributed by atoms with Gasteiger partial charge < -0.3 is 0 Å². The first-order chi connectivity index (χ1) is 9.44. The van der Waals surface area contributed by atoms with Gasteiger partial charge in [0, 0.05) is 0 Å². The third kappa shape index (κ3) is 3.42. The topological polar surface area (TPSA) is 46.2 Å². The first-order valence-electron chi connectivity index (χ1n) is 6.30. The van der Waals surface area contributed by atoms with Crippen LogP contribution in [0.15, 0.2) is 38.3 Å². The van der Waals surface area contributed by atoms with E-state index in [1.165, 1.54) is 11.3 Å². The Balaban J connectivity index is 2.33. The van der Waals surface area contributed by atoms with E-state index in [0.717, 1.165) is 27.8 Å². The lowest BCUT2D eigenvalue weighted by molar-refractivity contribution is 0.603. The summed E-state index contributed by atoms with van der Waals surface area (Å²) in [6.45, 7) is 3.95. The SMILES string of the molecule is CCCc1ccccc1NS(=O)(=O)c1cc(C)c(Br)s1. The molecule has 0 atom stereocenters. The normalized spacial score (nSPS) is 11.6. The summed E-state index contributed by atoms with van der Waals surface area (Å²) in [7, 11) is -3.52. The number of aryl methyl sites for hydroxylation is 2. The first kappa shape index (κ1) is 15.5. The van der Waals surface area contributed by atoms with E-state index in [1.807, 2.05) is 25.1 Å². The molecule has 1 aromatic heterocycles. The van der Waals surface area contributed by atoms with Crippen LogP contribution in [0, 0.1) is 6.92 Å². The number of nitrogens with one attached hydrogen (secondary N) is 1. The molecule has 108 valence electrons. The molecule has 0 amide bonds. The van der Waals surface area contributed by atoms with E-state index < -0.39 is 10.0 Å². The summed E-state index contributed by atoms with van der Waals surface area (Å²) < 4.78 is 28.7. The van der Waals surface area contributed by atoms with Gasteiger partial charge in [-0.05, 0) is 52.5 Å². The lowest BCUT2D eigenvalue weighted by atomic mass is 10.1. The van der Waals surface area contributed by atoms with Crippen LogP contribution in [0.1, 0.15) is 24.5 Å². The van der Waals surface area contributed by atoms with Crippen molar-refractivity contribution < 1.29 is 8.42 Å². The molecule has 1 N–H and O–H groups in total. The molecule has 20 heavy (non-hydrogen) atoms. The fourth-order valence-corrected chi connectivity index (χ4v) is 5.19. The largest absolute Gasteiger partial charge is 0.279 e. The summed E-state index contributed by atoms with van der Waals surface area (Å²) in [6, 6.07) is 9.20. The van der Waals surface area contributed by atoms with Crippen molar-refractivity contribution in [2.24, 2.45) is 0 Å². The molecular weight excluding hydrogens is 358 g/mol. The van der Waals surface area contributed by atoms with Gasteiger partial charge in [-0.2, -0.15) is 0 Å². The molecule has 0 fully saturated rings. The molecule has 0 radical (unpaired) electrons. The first-order valence-corrected chi connectivity index (χ1v) is 9.40. The van der Waals surface area contributed by atoms with Gasteiger partial charge in [0.05, 0.1) is 9.47 Å². The Kier molecular flexibility index (Phi) is 4.88. The predicted octanol–water partition coefficient (Wildman–Crippen LogP) is 4.57. The zero-order chi connectivity index (χ0) is 14.8. The molecule has 0 unspecified atom stereocenters. The maximum absolute atomic E-state index is 12.4. The minimum atomic E-state index is -3.52. The third-order valence-corrected chi connectivity index (χ3v) is 6.86. The fourth-order valence-electron chi connectivity index (χ4n) is 1.87. The van der Waals surface area contributed by atoms with Gasteiger partial charge in [0.2, 0.25) is 0 Å². The van der Waals surface area contributed by atoms with E-state index in [0.29, 0.717) is 9.90 Å². The Labute approximate surface area is 132 Å². The molecule has 1 aromatic carbocycles. The van der Waals surface area contributed by atoms with Crippen molar-refractivity contribution in [3.8, 4) is 0 Å². The second kappa shape index (κ2) is 6.28. The average Bonchev–Trinajstić information content (AvgIpc) is 2.73. The van der Waals surface area contributed by atoms with E-state index in [4.69, 9.17) is 0 Å². The Hall–Kier alpha value is -0.850. The maximum atomic E-state index is 12.4. The van der Waals surface area contributed by atoms with Gasteiger partial charge >= 0.3 is 0 Å². The van der Waals surface area contributed by atoms with Gasteiger partial charge in [0.1, 0.15) is 4.21 Å². The van der Waals surface area contributed by atoms with Gasteiger partial charge in [0.25, 0.3) is 10.0 Å². The van der Waals surface area contributed by atoms with Crippen LogP contribution in [-0.2, 0) is 16.4 Å². The molecule has 0 aliphatic rings. The van der Waals surface area contributed by atoms with Gasteiger partial charge in [0.15, 0.2) is 0 Å². The Morgan fingerprint density at radius 1 is 1.30 bits per heavy atom. The van der Waals surface area contributed by atoms with Crippen molar-refractivity contribution in [3.05, 3.63) is 45.2 Å². The molecule has 0 aliphatic heterocycles. The number of hydrogen-bond acceptors (Lipinski definition) is 3. The van der Waals surface area contributed by atoms with E-state index >= 15 is 0 Å². The number of rotatable bonds is 5. The lowest BCUT2D eigenvalue weighted by Crippen LogP contribution is -2.12. The molecule has 3 nitrogen and oxygen atoms in total. The highest BCUT2D eigenvalue weighted by atomic mass is 79.9.